The largest absolute Gasteiger partial charge is 0.348 e. The van der Waals surface area contributed by atoms with Crippen LogP contribution in [0.3, 0.4) is 0 Å². The smallest absolute Gasteiger partial charge is 0.259 e. The molecule has 5 rings (SSSR count). The molecule has 160 valence electrons. The molecular formula is C22H25N7O2. The monoisotopic (exact) mass is 419 g/mol. The van der Waals surface area contributed by atoms with E-state index in [0.29, 0.717) is 40.6 Å². The molecule has 1 N–H and O–H groups in total. The lowest BCUT2D eigenvalue weighted by atomic mass is 10.1. The fraction of sp³-hybridized carbons (Fsp3) is 0.409. The number of rotatable bonds is 5. The van der Waals surface area contributed by atoms with Crippen molar-refractivity contribution in [3.8, 4) is 11.3 Å². The van der Waals surface area contributed by atoms with E-state index < -0.39 is 0 Å². The van der Waals surface area contributed by atoms with E-state index in [-0.39, 0.29) is 5.91 Å². The van der Waals surface area contributed by atoms with E-state index in [1.54, 1.807) is 16.9 Å². The SMILES string of the molecule is Cc1nn(C2CCCC2)cc1CNC(=O)c1cc(-c2cnn(C)c2)nc2onc(C)c12. The maximum absolute atomic E-state index is 13.2. The van der Waals surface area contributed by atoms with Crippen LogP contribution < -0.4 is 5.32 Å². The minimum atomic E-state index is -0.197. The van der Waals surface area contributed by atoms with Crippen molar-refractivity contribution < 1.29 is 9.32 Å². The molecule has 4 aromatic heterocycles. The first-order valence-corrected chi connectivity index (χ1v) is 10.6. The topological polar surface area (TPSA) is 104 Å². The molecule has 4 heterocycles. The van der Waals surface area contributed by atoms with Crippen LogP contribution in [-0.2, 0) is 13.6 Å². The highest BCUT2D eigenvalue weighted by atomic mass is 16.5. The molecular weight excluding hydrogens is 394 g/mol. The second-order valence-corrected chi connectivity index (χ2v) is 8.25. The molecule has 1 amide bonds. The number of hydrogen-bond acceptors (Lipinski definition) is 6. The van der Waals surface area contributed by atoms with Crippen molar-refractivity contribution in [2.75, 3.05) is 0 Å². The number of aryl methyl sites for hydroxylation is 3. The lowest BCUT2D eigenvalue weighted by molar-refractivity contribution is 0.0952. The van der Waals surface area contributed by atoms with E-state index in [0.717, 1.165) is 16.8 Å². The van der Waals surface area contributed by atoms with Gasteiger partial charge in [-0.2, -0.15) is 10.2 Å². The Morgan fingerprint density at radius 1 is 1.23 bits per heavy atom. The van der Waals surface area contributed by atoms with Crippen molar-refractivity contribution in [3.63, 3.8) is 0 Å². The van der Waals surface area contributed by atoms with Gasteiger partial charge in [-0.1, -0.05) is 18.0 Å². The van der Waals surface area contributed by atoms with Gasteiger partial charge in [0.25, 0.3) is 11.6 Å². The standard InChI is InChI=1S/C22H25N7O2/c1-13-15(12-29(26-13)17-6-4-5-7-17)9-23-21(30)18-8-19(16-10-24-28(3)11-16)25-22-20(18)14(2)27-31-22/h8,10-12,17H,4-7,9H2,1-3H3,(H,23,30). The summed E-state index contributed by atoms with van der Waals surface area (Å²) in [6, 6.07) is 2.25. The molecule has 9 heteroatoms. The zero-order valence-corrected chi connectivity index (χ0v) is 17.9. The van der Waals surface area contributed by atoms with Crippen LogP contribution >= 0.6 is 0 Å². The third-order valence-electron chi connectivity index (χ3n) is 6.02. The lowest BCUT2D eigenvalue weighted by Crippen LogP contribution is -2.23. The first kappa shape index (κ1) is 19.5. The third-order valence-corrected chi connectivity index (χ3v) is 6.02. The highest BCUT2D eigenvalue weighted by molar-refractivity contribution is 6.06. The van der Waals surface area contributed by atoms with Crippen LogP contribution in [-0.4, -0.2) is 35.6 Å². The number of nitrogens with zero attached hydrogens (tertiary/aromatic N) is 6. The van der Waals surface area contributed by atoms with Crippen LogP contribution in [0.1, 0.15) is 59.0 Å². The predicted octanol–water partition coefficient (Wildman–Crippen LogP) is 3.48. The zero-order chi connectivity index (χ0) is 21.5. The van der Waals surface area contributed by atoms with Gasteiger partial charge in [-0.15, -0.1) is 0 Å². The summed E-state index contributed by atoms with van der Waals surface area (Å²) in [4.78, 5) is 17.7. The van der Waals surface area contributed by atoms with Crippen LogP contribution in [0.5, 0.6) is 0 Å². The number of pyridine rings is 1. The zero-order valence-electron chi connectivity index (χ0n) is 17.9. The molecule has 0 unspecified atom stereocenters. The number of amides is 1. The molecule has 4 aromatic rings. The first-order chi connectivity index (χ1) is 15.0. The molecule has 1 aliphatic rings. The van der Waals surface area contributed by atoms with Crippen LogP contribution in [0.25, 0.3) is 22.4 Å². The number of nitrogens with one attached hydrogen (secondary N) is 1. The van der Waals surface area contributed by atoms with Crippen LogP contribution in [0, 0.1) is 13.8 Å². The Hall–Kier alpha value is -3.49. The second kappa shape index (κ2) is 7.64. The van der Waals surface area contributed by atoms with Gasteiger partial charge in [0.2, 0.25) is 0 Å². The molecule has 9 nitrogen and oxygen atoms in total. The summed E-state index contributed by atoms with van der Waals surface area (Å²) in [7, 11) is 1.84. The Balaban J connectivity index is 1.42. The maximum Gasteiger partial charge on any atom is 0.259 e. The van der Waals surface area contributed by atoms with Gasteiger partial charge in [0.05, 0.1) is 40.3 Å². The fourth-order valence-electron chi connectivity index (χ4n) is 4.29. The number of fused-ring (bicyclic) bond motifs is 1. The van der Waals surface area contributed by atoms with Gasteiger partial charge >= 0.3 is 0 Å². The van der Waals surface area contributed by atoms with E-state index in [2.05, 4.69) is 36.5 Å². The molecule has 31 heavy (non-hydrogen) atoms. The van der Waals surface area contributed by atoms with Crippen molar-refractivity contribution in [2.45, 2.75) is 52.1 Å². The summed E-state index contributed by atoms with van der Waals surface area (Å²) >= 11 is 0. The first-order valence-electron chi connectivity index (χ1n) is 10.6. The quantitative estimate of drug-likeness (QED) is 0.531. The van der Waals surface area contributed by atoms with E-state index in [4.69, 9.17) is 4.52 Å². The number of hydrogen-bond donors (Lipinski definition) is 1. The minimum Gasteiger partial charge on any atom is -0.348 e. The van der Waals surface area contributed by atoms with Crippen LogP contribution in [0.4, 0.5) is 0 Å². The third kappa shape index (κ3) is 3.60. The van der Waals surface area contributed by atoms with E-state index in [9.17, 15) is 4.79 Å². The van der Waals surface area contributed by atoms with Crippen molar-refractivity contribution in [1.82, 2.24) is 35.0 Å². The van der Waals surface area contributed by atoms with Gasteiger partial charge < -0.3 is 9.84 Å². The number of aromatic nitrogens is 6. The van der Waals surface area contributed by atoms with Gasteiger partial charge in [0.1, 0.15) is 0 Å². The Morgan fingerprint density at radius 3 is 2.77 bits per heavy atom. The summed E-state index contributed by atoms with van der Waals surface area (Å²) in [5.74, 6) is -0.197. The molecule has 1 saturated carbocycles. The summed E-state index contributed by atoms with van der Waals surface area (Å²) in [6.07, 6.45) is 10.5. The second-order valence-electron chi connectivity index (χ2n) is 8.25. The summed E-state index contributed by atoms with van der Waals surface area (Å²) < 4.78 is 9.13. The van der Waals surface area contributed by atoms with Crippen molar-refractivity contribution in [3.05, 3.63) is 47.2 Å². The van der Waals surface area contributed by atoms with Crippen molar-refractivity contribution >= 4 is 17.0 Å². The lowest BCUT2D eigenvalue weighted by Gasteiger charge is -2.09. The number of carbonyl (C=O) groups excluding carboxylic acids is 1. The molecule has 0 bridgehead atoms. The summed E-state index contributed by atoms with van der Waals surface area (Å²) in [5, 5.41) is 16.5. The molecule has 0 atom stereocenters. The van der Waals surface area contributed by atoms with Gasteiger partial charge in [0.15, 0.2) is 0 Å². The molecule has 0 saturated heterocycles. The normalized spacial score (nSPS) is 14.5. The Labute approximate surface area is 179 Å². The fourth-order valence-corrected chi connectivity index (χ4v) is 4.29. The van der Waals surface area contributed by atoms with Crippen LogP contribution in [0.2, 0.25) is 0 Å². The maximum atomic E-state index is 13.2. The average molecular weight is 419 g/mol. The van der Waals surface area contributed by atoms with Crippen molar-refractivity contribution in [2.24, 2.45) is 7.05 Å². The van der Waals surface area contributed by atoms with Gasteiger partial charge in [-0.05, 0) is 32.8 Å². The predicted molar refractivity (Wildman–Crippen MR) is 114 cm³/mol. The van der Waals surface area contributed by atoms with E-state index in [1.807, 2.05) is 27.1 Å². The van der Waals surface area contributed by atoms with E-state index >= 15 is 0 Å². The molecule has 0 aliphatic heterocycles. The molecule has 1 aliphatic carbocycles. The molecule has 1 fully saturated rings. The molecule has 0 aromatic carbocycles. The van der Waals surface area contributed by atoms with Crippen molar-refractivity contribution in [1.29, 1.82) is 0 Å². The van der Waals surface area contributed by atoms with Gasteiger partial charge in [-0.25, -0.2) is 4.98 Å². The van der Waals surface area contributed by atoms with Gasteiger partial charge in [0, 0.05) is 37.1 Å². The highest BCUT2D eigenvalue weighted by Gasteiger charge is 2.21. The van der Waals surface area contributed by atoms with Crippen LogP contribution in [0.15, 0.2) is 29.2 Å². The molecule has 0 spiro atoms. The van der Waals surface area contributed by atoms with Gasteiger partial charge in [-0.3, -0.25) is 14.2 Å². The number of carbonyl (C=O) groups is 1. The Kier molecular flexibility index (Phi) is 4.80. The minimum absolute atomic E-state index is 0.197. The Bertz CT molecular complexity index is 1260. The summed E-state index contributed by atoms with van der Waals surface area (Å²) in [6.45, 7) is 4.21. The van der Waals surface area contributed by atoms with E-state index in [1.165, 1.54) is 25.7 Å². The molecule has 0 radical (unpaired) electrons. The summed E-state index contributed by atoms with van der Waals surface area (Å²) in [5.41, 5.74) is 4.87. The highest BCUT2D eigenvalue weighted by Crippen LogP contribution is 2.30. The Morgan fingerprint density at radius 2 is 2.03 bits per heavy atom. The average Bonchev–Trinajstić information content (AvgIpc) is 3.54.